The van der Waals surface area contributed by atoms with Crippen molar-refractivity contribution in [2.45, 2.75) is 13.5 Å². The van der Waals surface area contributed by atoms with Crippen LogP contribution in [0.3, 0.4) is 0 Å². The Labute approximate surface area is 140 Å². The van der Waals surface area contributed by atoms with Gasteiger partial charge >= 0.3 is 0 Å². The maximum Gasteiger partial charge on any atom is 0.147 e. The molecule has 0 atom stereocenters. The highest BCUT2D eigenvalue weighted by Crippen LogP contribution is 2.35. The second-order valence-corrected chi connectivity index (χ2v) is 6.15. The lowest BCUT2D eigenvalue weighted by Gasteiger charge is -2.12. The maximum absolute atomic E-state index is 6.08. The van der Waals surface area contributed by atoms with Crippen molar-refractivity contribution in [1.82, 2.24) is 4.98 Å². The molecule has 106 valence electrons. The number of aromatic nitrogens is 1. The number of nitrogens with zero attached hydrogens (tertiary/aromatic N) is 1. The van der Waals surface area contributed by atoms with Crippen molar-refractivity contribution in [3.05, 3.63) is 50.1 Å². The Bertz CT molecular complexity index is 584. The molecule has 0 aliphatic rings. The Hall–Kier alpha value is -0.780. The van der Waals surface area contributed by atoms with E-state index >= 15 is 0 Å². The number of ether oxygens (including phenoxy) is 1. The van der Waals surface area contributed by atoms with E-state index in [1.807, 2.05) is 19.1 Å². The van der Waals surface area contributed by atoms with E-state index < -0.39 is 0 Å². The van der Waals surface area contributed by atoms with Crippen molar-refractivity contribution in [1.29, 1.82) is 0 Å². The minimum Gasteiger partial charge on any atom is -0.492 e. The van der Waals surface area contributed by atoms with Gasteiger partial charge in [-0.05, 0) is 62.5 Å². The lowest BCUT2D eigenvalue weighted by Crippen LogP contribution is -2.01. The summed E-state index contributed by atoms with van der Waals surface area (Å²) in [5.74, 6) is 0.815. The zero-order chi connectivity index (χ0) is 14.5. The van der Waals surface area contributed by atoms with Crippen LogP contribution in [0.5, 0.6) is 5.75 Å². The van der Waals surface area contributed by atoms with Gasteiger partial charge in [-0.3, -0.25) is 4.98 Å². The van der Waals surface area contributed by atoms with Gasteiger partial charge in [0.25, 0.3) is 0 Å². The van der Waals surface area contributed by atoms with E-state index in [4.69, 9.17) is 16.3 Å². The Morgan fingerprint density at radius 2 is 2.00 bits per heavy atom. The monoisotopic (exact) mass is 418 g/mol. The Morgan fingerprint density at radius 3 is 2.60 bits per heavy atom. The first-order valence-corrected chi connectivity index (χ1v) is 8.02. The molecule has 0 saturated carbocycles. The third-order valence-corrected chi connectivity index (χ3v) is 4.11. The molecule has 0 unspecified atom stereocenters. The molecule has 3 nitrogen and oxygen atoms in total. The predicted molar refractivity (Wildman–Crippen MR) is 89.6 cm³/mol. The summed E-state index contributed by atoms with van der Waals surface area (Å²) in [4.78, 5) is 4.05. The van der Waals surface area contributed by atoms with Crippen molar-refractivity contribution in [2.75, 3.05) is 11.9 Å². The summed E-state index contributed by atoms with van der Waals surface area (Å²) in [7, 11) is 0. The van der Waals surface area contributed by atoms with E-state index in [2.05, 4.69) is 42.2 Å². The van der Waals surface area contributed by atoms with Crippen LogP contribution in [0.25, 0.3) is 0 Å². The fourth-order valence-corrected chi connectivity index (χ4v) is 3.38. The molecular formula is C14H13Br2ClN2O. The molecule has 20 heavy (non-hydrogen) atoms. The fraction of sp³-hybridized carbons (Fsp3) is 0.214. The van der Waals surface area contributed by atoms with Gasteiger partial charge in [0.1, 0.15) is 5.75 Å². The quantitative estimate of drug-likeness (QED) is 0.715. The molecule has 1 N–H and O–H groups in total. The highest BCUT2D eigenvalue weighted by atomic mass is 79.9. The second-order valence-electron chi connectivity index (χ2n) is 4.03. The van der Waals surface area contributed by atoms with Gasteiger partial charge in [0.05, 0.1) is 32.5 Å². The molecule has 0 spiro atoms. The average molecular weight is 421 g/mol. The number of rotatable bonds is 5. The van der Waals surface area contributed by atoms with Crippen molar-refractivity contribution in [3.8, 4) is 5.75 Å². The first-order valence-electron chi connectivity index (χ1n) is 6.06. The fourth-order valence-electron chi connectivity index (χ4n) is 1.70. The van der Waals surface area contributed by atoms with Gasteiger partial charge in [-0.25, -0.2) is 0 Å². The molecule has 0 bridgehead atoms. The Kier molecular flexibility index (Phi) is 5.69. The maximum atomic E-state index is 6.08. The zero-order valence-electron chi connectivity index (χ0n) is 10.8. The van der Waals surface area contributed by atoms with Crippen LogP contribution >= 0.6 is 43.5 Å². The molecule has 1 aromatic carbocycles. The van der Waals surface area contributed by atoms with E-state index in [0.29, 0.717) is 18.2 Å². The Morgan fingerprint density at radius 1 is 1.30 bits per heavy atom. The summed E-state index contributed by atoms with van der Waals surface area (Å²) in [6.45, 7) is 3.23. The van der Waals surface area contributed by atoms with Crippen molar-refractivity contribution >= 4 is 49.1 Å². The average Bonchev–Trinajstić information content (AvgIpc) is 2.42. The largest absolute Gasteiger partial charge is 0.492 e. The molecule has 2 rings (SSSR count). The molecule has 0 aliphatic heterocycles. The van der Waals surface area contributed by atoms with Crippen LogP contribution in [0.1, 0.15) is 12.5 Å². The van der Waals surface area contributed by atoms with E-state index in [1.165, 1.54) is 0 Å². The molecule has 1 heterocycles. The van der Waals surface area contributed by atoms with Gasteiger partial charge in [-0.15, -0.1) is 0 Å². The number of nitrogens with one attached hydrogen (secondary N) is 1. The van der Waals surface area contributed by atoms with Crippen LogP contribution in [-0.2, 0) is 6.54 Å². The topological polar surface area (TPSA) is 34.1 Å². The lowest BCUT2D eigenvalue weighted by atomic mass is 10.2. The van der Waals surface area contributed by atoms with Crippen molar-refractivity contribution < 1.29 is 4.74 Å². The highest BCUT2D eigenvalue weighted by molar-refractivity contribution is 9.11. The Balaban J connectivity index is 2.13. The summed E-state index contributed by atoms with van der Waals surface area (Å²) in [6.07, 6.45) is 3.37. The minimum absolute atomic E-state index is 0.625. The van der Waals surface area contributed by atoms with Gasteiger partial charge < -0.3 is 10.1 Å². The van der Waals surface area contributed by atoms with E-state index in [-0.39, 0.29) is 0 Å². The van der Waals surface area contributed by atoms with Crippen LogP contribution < -0.4 is 10.1 Å². The molecule has 0 radical (unpaired) electrons. The van der Waals surface area contributed by atoms with Crippen molar-refractivity contribution in [3.63, 3.8) is 0 Å². The molecule has 1 aromatic heterocycles. The van der Waals surface area contributed by atoms with Gasteiger partial charge in [0.15, 0.2) is 0 Å². The highest BCUT2D eigenvalue weighted by Gasteiger charge is 2.09. The smallest absolute Gasteiger partial charge is 0.147 e. The normalized spacial score (nSPS) is 10.4. The third kappa shape index (κ3) is 3.87. The summed E-state index contributed by atoms with van der Waals surface area (Å²) in [5, 5.41) is 3.91. The second kappa shape index (κ2) is 7.29. The first-order chi connectivity index (χ1) is 9.61. The lowest BCUT2D eigenvalue weighted by molar-refractivity contribution is 0.336. The standard InChI is InChI=1S/C14H13Br2ClN2O/c1-2-20-14-10(15)5-9(6-11(14)16)7-19-13-8-18-4-3-12(13)17/h3-6,8,19H,2,7H2,1H3. The van der Waals surface area contributed by atoms with E-state index in [9.17, 15) is 0 Å². The zero-order valence-corrected chi connectivity index (χ0v) is 14.7. The minimum atomic E-state index is 0.625. The molecule has 2 aromatic rings. The van der Waals surface area contributed by atoms with Crippen LogP contribution in [0, 0.1) is 0 Å². The molecule has 6 heteroatoms. The van der Waals surface area contributed by atoms with Crippen LogP contribution in [0.15, 0.2) is 39.5 Å². The van der Waals surface area contributed by atoms with Crippen LogP contribution in [0.2, 0.25) is 5.02 Å². The summed E-state index contributed by atoms with van der Waals surface area (Å²) in [5.41, 5.74) is 1.92. The molecule has 0 fully saturated rings. The number of hydrogen-bond acceptors (Lipinski definition) is 3. The number of anilines is 1. The van der Waals surface area contributed by atoms with Gasteiger partial charge in [0.2, 0.25) is 0 Å². The van der Waals surface area contributed by atoms with Gasteiger partial charge in [-0.2, -0.15) is 0 Å². The molecular weight excluding hydrogens is 407 g/mol. The summed E-state index contributed by atoms with van der Waals surface area (Å²) in [6, 6.07) is 5.80. The first kappa shape index (κ1) is 15.6. The summed E-state index contributed by atoms with van der Waals surface area (Å²) < 4.78 is 7.40. The number of halogens is 3. The number of benzene rings is 1. The van der Waals surface area contributed by atoms with Gasteiger partial charge in [-0.1, -0.05) is 11.6 Å². The molecule has 0 saturated heterocycles. The SMILES string of the molecule is CCOc1c(Br)cc(CNc2cnccc2Cl)cc1Br. The van der Waals surface area contributed by atoms with Crippen LogP contribution in [-0.4, -0.2) is 11.6 Å². The molecule has 0 amide bonds. The third-order valence-electron chi connectivity index (χ3n) is 2.60. The number of pyridine rings is 1. The number of hydrogen-bond donors (Lipinski definition) is 1. The van der Waals surface area contributed by atoms with Crippen molar-refractivity contribution in [2.24, 2.45) is 0 Å². The predicted octanol–water partition coefficient (Wildman–Crippen LogP) is 5.27. The van der Waals surface area contributed by atoms with E-state index in [0.717, 1.165) is 25.9 Å². The molecule has 0 aliphatic carbocycles. The summed E-state index contributed by atoms with van der Waals surface area (Å²) >= 11 is 13.1. The van der Waals surface area contributed by atoms with Gasteiger partial charge in [0, 0.05) is 12.7 Å². The van der Waals surface area contributed by atoms with Crippen LogP contribution in [0.4, 0.5) is 5.69 Å². The van der Waals surface area contributed by atoms with E-state index in [1.54, 1.807) is 18.5 Å².